The van der Waals surface area contributed by atoms with E-state index in [0.717, 1.165) is 0 Å². The molecule has 0 radical (unpaired) electrons. The van der Waals surface area contributed by atoms with Gasteiger partial charge in [0.1, 0.15) is 5.92 Å². The van der Waals surface area contributed by atoms with Gasteiger partial charge in [0.2, 0.25) is 5.91 Å². The molecule has 6 nitrogen and oxygen atoms in total. The number of esters is 1. The Hall–Kier alpha value is -1.11. The molecule has 2 unspecified atom stereocenters. The minimum absolute atomic E-state index is 0.0328. The summed E-state index contributed by atoms with van der Waals surface area (Å²) in [6, 6.07) is -0.359. The molecule has 7 heteroatoms. The molecule has 21 heavy (non-hydrogen) atoms. The van der Waals surface area contributed by atoms with Gasteiger partial charge in [-0.3, -0.25) is 9.59 Å². The molecule has 1 aliphatic rings. The molecule has 0 spiro atoms. The van der Waals surface area contributed by atoms with E-state index in [1.807, 2.05) is 0 Å². The molecule has 0 aromatic carbocycles. The van der Waals surface area contributed by atoms with Crippen LogP contribution in [0, 0.1) is 11.3 Å². The highest BCUT2D eigenvalue weighted by atomic mass is 32.2. The number of nitrogens with zero attached hydrogens (tertiary/aromatic N) is 1. The Kier molecular flexibility index (Phi) is 5.41. The summed E-state index contributed by atoms with van der Waals surface area (Å²) >= 11 is 0. The number of hydrogen-bond acceptors (Lipinski definition) is 5. The van der Waals surface area contributed by atoms with Crippen LogP contribution < -0.4 is 0 Å². The summed E-state index contributed by atoms with van der Waals surface area (Å²) in [6.45, 7) is 7.29. The second kappa shape index (κ2) is 6.34. The lowest BCUT2D eigenvalue weighted by Crippen LogP contribution is -2.48. The van der Waals surface area contributed by atoms with Gasteiger partial charge in [-0.05, 0) is 18.8 Å². The van der Waals surface area contributed by atoms with E-state index in [0.29, 0.717) is 6.42 Å². The van der Waals surface area contributed by atoms with Crippen molar-refractivity contribution in [2.75, 3.05) is 25.2 Å². The molecule has 1 saturated heterocycles. The normalized spacial score (nSPS) is 22.6. The van der Waals surface area contributed by atoms with Gasteiger partial charge in [-0.1, -0.05) is 20.8 Å². The lowest BCUT2D eigenvalue weighted by atomic mass is 9.79. The Morgan fingerprint density at radius 1 is 1.33 bits per heavy atom. The Bertz CT molecular complexity index is 506. The van der Waals surface area contributed by atoms with Crippen LogP contribution in [0.5, 0.6) is 0 Å². The topological polar surface area (TPSA) is 80.8 Å². The standard InChI is InChI=1S/C14H25NO5S/c1-6-20-13(17)11(14(2,3)4)12(16)15(5)10-7-8-21(18,19)9-10/h10-11H,6-9H2,1-5H3. The van der Waals surface area contributed by atoms with E-state index in [2.05, 4.69) is 0 Å². The third kappa shape index (κ3) is 4.43. The highest BCUT2D eigenvalue weighted by Gasteiger charge is 2.43. The summed E-state index contributed by atoms with van der Waals surface area (Å²) in [5, 5.41) is 0. The van der Waals surface area contributed by atoms with E-state index in [4.69, 9.17) is 4.74 Å². The summed E-state index contributed by atoms with van der Waals surface area (Å²) in [6.07, 6.45) is 0.421. The number of ether oxygens (including phenoxy) is 1. The van der Waals surface area contributed by atoms with Gasteiger partial charge in [0.25, 0.3) is 0 Å². The van der Waals surface area contributed by atoms with Gasteiger partial charge >= 0.3 is 5.97 Å². The molecular weight excluding hydrogens is 294 g/mol. The quantitative estimate of drug-likeness (QED) is 0.567. The van der Waals surface area contributed by atoms with E-state index in [1.54, 1.807) is 34.7 Å². The van der Waals surface area contributed by atoms with Gasteiger partial charge in [-0.2, -0.15) is 0 Å². The fourth-order valence-electron chi connectivity index (χ4n) is 2.51. The molecule has 0 bridgehead atoms. The first-order valence-electron chi connectivity index (χ1n) is 7.13. The zero-order valence-electron chi connectivity index (χ0n) is 13.4. The van der Waals surface area contributed by atoms with Crippen molar-refractivity contribution in [1.82, 2.24) is 4.90 Å². The maximum absolute atomic E-state index is 12.6. The first-order chi connectivity index (χ1) is 9.49. The van der Waals surface area contributed by atoms with Crippen molar-refractivity contribution in [3.05, 3.63) is 0 Å². The summed E-state index contributed by atoms with van der Waals surface area (Å²) in [5.41, 5.74) is -0.588. The molecular formula is C14H25NO5S. The fourth-order valence-corrected chi connectivity index (χ4v) is 4.29. The number of carbonyl (C=O) groups excluding carboxylic acids is 2. The van der Waals surface area contributed by atoms with Crippen LogP contribution in [0.3, 0.4) is 0 Å². The van der Waals surface area contributed by atoms with Crippen LogP contribution in [0.4, 0.5) is 0 Å². The largest absolute Gasteiger partial charge is 0.465 e. The molecule has 0 N–H and O–H groups in total. The molecule has 1 amide bonds. The van der Waals surface area contributed by atoms with Crippen LogP contribution in [0.25, 0.3) is 0 Å². The molecule has 0 aromatic rings. The molecule has 0 aliphatic carbocycles. The van der Waals surface area contributed by atoms with Gasteiger partial charge in [-0.15, -0.1) is 0 Å². The minimum atomic E-state index is -3.08. The summed E-state index contributed by atoms with van der Waals surface area (Å²) in [7, 11) is -1.51. The monoisotopic (exact) mass is 319 g/mol. The average molecular weight is 319 g/mol. The minimum Gasteiger partial charge on any atom is -0.465 e. The van der Waals surface area contributed by atoms with Crippen LogP contribution in [0.2, 0.25) is 0 Å². The average Bonchev–Trinajstić information content (AvgIpc) is 2.67. The first kappa shape index (κ1) is 17.9. The summed E-state index contributed by atoms with van der Waals surface area (Å²) in [5.74, 6) is -1.79. The fraction of sp³-hybridized carbons (Fsp3) is 0.857. The molecule has 1 fully saturated rings. The number of amides is 1. The lowest BCUT2D eigenvalue weighted by Gasteiger charge is -2.33. The van der Waals surface area contributed by atoms with Crippen LogP contribution in [0.1, 0.15) is 34.1 Å². The molecule has 1 rings (SSSR count). The van der Waals surface area contributed by atoms with E-state index < -0.39 is 27.1 Å². The zero-order valence-corrected chi connectivity index (χ0v) is 14.2. The second-order valence-corrected chi connectivity index (χ2v) is 8.79. The van der Waals surface area contributed by atoms with Gasteiger partial charge in [-0.25, -0.2) is 8.42 Å². The third-order valence-electron chi connectivity index (χ3n) is 3.74. The van der Waals surface area contributed by atoms with Crippen molar-refractivity contribution < 1.29 is 22.7 Å². The zero-order chi connectivity index (χ0) is 16.4. The predicted octanol–water partition coefficient (Wildman–Crippen LogP) is 0.857. The van der Waals surface area contributed by atoms with Crippen LogP contribution in [-0.4, -0.2) is 56.4 Å². The SMILES string of the molecule is CCOC(=O)C(C(=O)N(C)C1CCS(=O)(=O)C1)C(C)(C)C. The molecule has 122 valence electrons. The van der Waals surface area contributed by atoms with Crippen molar-refractivity contribution in [2.45, 2.75) is 40.2 Å². The van der Waals surface area contributed by atoms with E-state index >= 15 is 0 Å². The van der Waals surface area contributed by atoms with Crippen molar-refractivity contribution in [3.8, 4) is 0 Å². The maximum Gasteiger partial charge on any atom is 0.319 e. The Labute approximate surface area is 126 Å². The van der Waals surface area contributed by atoms with Crippen LogP contribution >= 0.6 is 0 Å². The van der Waals surface area contributed by atoms with E-state index in [1.165, 1.54) is 4.90 Å². The summed E-state index contributed by atoms with van der Waals surface area (Å²) in [4.78, 5) is 26.1. The van der Waals surface area contributed by atoms with Crippen molar-refractivity contribution in [3.63, 3.8) is 0 Å². The highest BCUT2D eigenvalue weighted by molar-refractivity contribution is 7.91. The predicted molar refractivity (Wildman–Crippen MR) is 79.4 cm³/mol. The lowest BCUT2D eigenvalue weighted by molar-refractivity contribution is -0.160. The Morgan fingerprint density at radius 3 is 2.29 bits per heavy atom. The molecule has 1 aliphatic heterocycles. The van der Waals surface area contributed by atoms with E-state index in [9.17, 15) is 18.0 Å². The molecule has 0 aromatic heterocycles. The number of sulfone groups is 1. The smallest absolute Gasteiger partial charge is 0.319 e. The second-order valence-electron chi connectivity index (χ2n) is 6.56. The molecule has 2 atom stereocenters. The number of hydrogen-bond donors (Lipinski definition) is 0. The maximum atomic E-state index is 12.6. The Morgan fingerprint density at radius 2 is 1.90 bits per heavy atom. The van der Waals surface area contributed by atoms with Gasteiger partial charge in [0.05, 0.1) is 18.1 Å². The molecule has 0 saturated carbocycles. The third-order valence-corrected chi connectivity index (χ3v) is 5.49. The van der Waals surface area contributed by atoms with Crippen molar-refractivity contribution in [1.29, 1.82) is 0 Å². The summed E-state index contributed by atoms with van der Waals surface area (Å²) < 4.78 is 28.1. The van der Waals surface area contributed by atoms with Gasteiger partial charge in [0.15, 0.2) is 9.84 Å². The molecule has 1 heterocycles. The Balaban J connectivity index is 2.93. The highest BCUT2D eigenvalue weighted by Crippen LogP contribution is 2.30. The van der Waals surface area contributed by atoms with E-state index in [-0.39, 0.29) is 30.1 Å². The van der Waals surface area contributed by atoms with Crippen LogP contribution in [0.15, 0.2) is 0 Å². The van der Waals surface area contributed by atoms with Gasteiger partial charge in [0, 0.05) is 13.1 Å². The number of carbonyl (C=O) groups is 2. The van der Waals surface area contributed by atoms with Gasteiger partial charge < -0.3 is 9.64 Å². The van der Waals surface area contributed by atoms with Crippen molar-refractivity contribution >= 4 is 21.7 Å². The van der Waals surface area contributed by atoms with Crippen molar-refractivity contribution in [2.24, 2.45) is 11.3 Å². The number of rotatable bonds is 4. The van der Waals surface area contributed by atoms with Crippen LogP contribution in [-0.2, 0) is 24.2 Å². The first-order valence-corrected chi connectivity index (χ1v) is 8.95.